The minimum atomic E-state index is 0.0175. The Morgan fingerprint density at radius 2 is 1.96 bits per heavy atom. The second kappa shape index (κ2) is 7.15. The van der Waals surface area contributed by atoms with E-state index >= 15 is 0 Å². The normalized spacial score (nSPS) is 15.4. The molecule has 0 unspecified atom stereocenters. The van der Waals surface area contributed by atoms with E-state index < -0.39 is 0 Å². The number of pyridine rings is 2. The standard InChI is InChI=1S/C17H19ClN4O2/c1-21-5-7-22(8-6-21)17(23)12-3-4-19-15(9-12)13-10-16(24-2)20-11-14(13)18/h3-4,9-11H,5-8H2,1-2H3. The smallest absolute Gasteiger partial charge is 0.254 e. The molecule has 2 aromatic rings. The SMILES string of the molecule is COc1cc(-c2cc(C(=O)N3CCN(C)CC3)ccn2)c(Cl)cn1. The Labute approximate surface area is 146 Å². The number of hydrogen-bond acceptors (Lipinski definition) is 5. The second-order valence-electron chi connectivity index (χ2n) is 5.73. The lowest BCUT2D eigenvalue weighted by atomic mass is 10.1. The second-order valence-corrected chi connectivity index (χ2v) is 6.14. The molecule has 0 N–H and O–H groups in total. The summed E-state index contributed by atoms with van der Waals surface area (Å²) in [6, 6.07) is 5.21. The van der Waals surface area contributed by atoms with Gasteiger partial charge in [0.2, 0.25) is 5.88 Å². The zero-order valence-electron chi connectivity index (χ0n) is 13.7. The van der Waals surface area contributed by atoms with Crippen molar-refractivity contribution in [3.63, 3.8) is 0 Å². The minimum absolute atomic E-state index is 0.0175. The summed E-state index contributed by atoms with van der Waals surface area (Å²) in [5.74, 6) is 0.468. The number of amides is 1. The molecule has 0 spiro atoms. The third-order valence-corrected chi connectivity index (χ3v) is 4.41. The molecule has 3 heterocycles. The van der Waals surface area contributed by atoms with Crippen molar-refractivity contribution in [3.05, 3.63) is 41.2 Å². The molecule has 1 amide bonds. The van der Waals surface area contributed by atoms with Gasteiger partial charge in [0.05, 0.1) is 24.0 Å². The molecule has 1 saturated heterocycles. The van der Waals surface area contributed by atoms with Crippen LogP contribution in [0.3, 0.4) is 0 Å². The number of ether oxygens (including phenoxy) is 1. The Bertz CT molecular complexity index is 745. The first kappa shape index (κ1) is 16.7. The third-order valence-electron chi connectivity index (χ3n) is 4.11. The van der Waals surface area contributed by atoms with Crippen molar-refractivity contribution in [2.45, 2.75) is 0 Å². The quantitative estimate of drug-likeness (QED) is 0.852. The summed E-state index contributed by atoms with van der Waals surface area (Å²) in [5, 5.41) is 0.465. The molecule has 6 nitrogen and oxygen atoms in total. The van der Waals surface area contributed by atoms with Gasteiger partial charge in [0.15, 0.2) is 0 Å². The highest BCUT2D eigenvalue weighted by Gasteiger charge is 2.21. The number of carbonyl (C=O) groups excluding carboxylic acids is 1. The fourth-order valence-corrected chi connectivity index (χ4v) is 2.83. The van der Waals surface area contributed by atoms with Gasteiger partial charge in [-0.05, 0) is 19.2 Å². The molecular formula is C17H19ClN4O2. The first-order valence-corrected chi connectivity index (χ1v) is 8.10. The van der Waals surface area contributed by atoms with Crippen LogP contribution in [0.4, 0.5) is 0 Å². The topological polar surface area (TPSA) is 58.6 Å². The van der Waals surface area contributed by atoms with Crippen molar-refractivity contribution in [2.24, 2.45) is 0 Å². The molecule has 1 aliphatic heterocycles. The average molecular weight is 347 g/mol. The van der Waals surface area contributed by atoms with Crippen LogP contribution in [0, 0.1) is 0 Å². The molecule has 24 heavy (non-hydrogen) atoms. The van der Waals surface area contributed by atoms with Crippen molar-refractivity contribution in [1.29, 1.82) is 0 Å². The van der Waals surface area contributed by atoms with E-state index in [4.69, 9.17) is 16.3 Å². The highest BCUT2D eigenvalue weighted by molar-refractivity contribution is 6.33. The monoisotopic (exact) mass is 346 g/mol. The van der Waals surface area contributed by atoms with Gasteiger partial charge in [-0.25, -0.2) is 4.98 Å². The number of carbonyl (C=O) groups is 1. The predicted octanol–water partition coefficient (Wildman–Crippen LogP) is 2.19. The molecule has 0 saturated carbocycles. The number of nitrogens with zero attached hydrogens (tertiary/aromatic N) is 4. The fourth-order valence-electron chi connectivity index (χ4n) is 2.63. The van der Waals surface area contributed by atoms with Crippen molar-refractivity contribution < 1.29 is 9.53 Å². The van der Waals surface area contributed by atoms with Gasteiger partial charge in [-0.2, -0.15) is 0 Å². The number of methoxy groups -OCH3 is 1. The van der Waals surface area contributed by atoms with E-state index in [-0.39, 0.29) is 5.91 Å². The molecule has 0 aliphatic carbocycles. The van der Waals surface area contributed by atoms with Crippen LogP contribution in [0.25, 0.3) is 11.3 Å². The summed E-state index contributed by atoms with van der Waals surface area (Å²) >= 11 is 6.23. The minimum Gasteiger partial charge on any atom is -0.481 e. The van der Waals surface area contributed by atoms with Gasteiger partial charge in [0, 0.05) is 49.6 Å². The Kier molecular flexibility index (Phi) is 4.97. The van der Waals surface area contributed by atoms with Gasteiger partial charge in [0.1, 0.15) is 0 Å². The van der Waals surface area contributed by atoms with Crippen LogP contribution in [0.2, 0.25) is 5.02 Å². The lowest BCUT2D eigenvalue weighted by Gasteiger charge is -2.32. The van der Waals surface area contributed by atoms with Gasteiger partial charge in [0.25, 0.3) is 5.91 Å². The summed E-state index contributed by atoms with van der Waals surface area (Å²) in [7, 11) is 3.60. The Morgan fingerprint density at radius 1 is 1.21 bits per heavy atom. The van der Waals surface area contributed by atoms with Gasteiger partial charge < -0.3 is 14.5 Å². The number of aromatic nitrogens is 2. The molecule has 2 aromatic heterocycles. The van der Waals surface area contributed by atoms with Crippen LogP contribution in [0.15, 0.2) is 30.6 Å². The van der Waals surface area contributed by atoms with Crippen molar-refractivity contribution in [1.82, 2.24) is 19.8 Å². The van der Waals surface area contributed by atoms with Crippen molar-refractivity contribution in [3.8, 4) is 17.1 Å². The van der Waals surface area contributed by atoms with Crippen LogP contribution in [0.1, 0.15) is 10.4 Å². The first-order valence-electron chi connectivity index (χ1n) is 7.72. The summed E-state index contributed by atoms with van der Waals surface area (Å²) in [5.41, 5.74) is 1.92. The van der Waals surface area contributed by atoms with Crippen molar-refractivity contribution >= 4 is 17.5 Å². The third kappa shape index (κ3) is 3.49. The summed E-state index contributed by atoms with van der Waals surface area (Å²) in [4.78, 5) is 25.2. The van der Waals surface area contributed by atoms with Crippen molar-refractivity contribution in [2.75, 3.05) is 40.3 Å². The van der Waals surface area contributed by atoms with E-state index in [2.05, 4.69) is 21.9 Å². The Hall–Kier alpha value is -2.18. The van der Waals surface area contributed by atoms with Crippen LogP contribution in [-0.2, 0) is 0 Å². The molecule has 1 aliphatic rings. The number of hydrogen-bond donors (Lipinski definition) is 0. The van der Waals surface area contributed by atoms with Gasteiger partial charge >= 0.3 is 0 Å². The van der Waals surface area contributed by atoms with E-state index in [1.165, 1.54) is 6.20 Å². The van der Waals surface area contributed by atoms with Gasteiger partial charge in [-0.15, -0.1) is 0 Å². The van der Waals surface area contributed by atoms with Gasteiger partial charge in [-0.1, -0.05) is 11.6 Å². The number of piperazine rings is 1. The molecule has 0 radical (unpaired) electrons. The van der Waals surface area contributed by atoms with Gasteiger partial charge in [-0.3, -0.25) is 9.78 Å². The molecule has 3 rings (SSSR count). The zero-order chi connectivity index (χ0) is 17.1. The Balaban J connectivity index is 1.88. The maximum atomic E-state index is 12.7. The average Bonchev–Trinajstić information content (AvgIpc) is 2.62. The van der Waals surface area contributed by atoms with E-state index in [1.54, 1.807) is 31.5 Å². The molecule has 0 bridgehead atoms. The lowest BCUT2D eigenvalue weighted by molar-refractivity contribution is 0.0664. The molecule has 7 heteroatoms. The lowest BCUT2D eigenvalue weighted by Crippen LogP contribution is -2.47. The highest BCUT2D eigenvalue weighted by Crippen LogP contribution is 2.29. The largest absolute Gasteiger partial charge is 0.481 e. The molecular weight excluding hydrogens is 328 g/mol. The van der Waals surface area contributed by atoms with Crippen LogP contribution >= 0.6 is 11.6 Å². The number of rotatable bonds is 3. The zero-order valence-corrected chi connectivity index (χ0v) is 14.5. The first-order chi connectivity index (χ1) is 11.6. The predicted molar refractivity (Wildman–Crippen MR) is 92.4 cm³/mol. The number of halogens is 1. The van der Waals surface area contributed by atoms with E-state index in [9.17, 15) is 4.79 Å². The highest BCUT2D eigenvalue weighted by atomic mass is 35.5. The maximum Gasteiger partial charge on any atom is 0.254 e. The molecule has 1 fully saturated rings. The summed E-state index contributed by atoms with van der Waals surface area (Å²) < 4.78 is 5.14. The van der Waals surface area contributed by atoms with Crippen LogP contribution in [-0.4, -0.2) is 66.0 Å². The summed E-state index contributed by atoms with van der Waals surface area (Å²) in [6.45, 7) is 3.24. The van der Waals surface area contributed by atoms with Crippen LogP contribution < -0.4 is 4.74 Å². The number of likely N-dealkylation sites (N-methyl/N-ethyl adjacent to an activating group) is 1. The Morgan fingerprint density at radius 3 is 2.67 bits per heavy atom. The molecule has 0 atom stereocenters. The molecule has 0 aromatic carbocycles. The molecule has 126 valence electrons. The summed E-state index contributed by atoms with van der Waals surface area (Å²) in [6.07, 6.45) is 3.15. The fraction of sp³-hybridized carbons (Fsp3) is 0.353. The van der Waals surface area contributed by atoms with E-state index in [1.807, 2.05) is 4.90 Å². The van der Waals surface area contributed by atoms with E-state index in [0.29, 0.717) is 27.7 Å². The van der Waals surface area contributed by atoms with Crippen LogP contribution in [0.5, 0.6) is 5.88 Å². The maximum absolute atomic E-state index is 12.7. The van der Waals surface area contributed by atoms with E-state index in [0.717, 1.165) is 26.2 Å².